The number of rotatable bonds is 3. The molecule has 1 atom stereocenters. The van der Waals surface area contributed by atoms with Crippen molar-refractivity contribution in [1.29, 1.82) is 0 Å². The van der Waals surface area contributed by atoms with Crippen LogP contribution in [0.2, 0.25) is 0 Å². The van der Waals surface area contributed by atoms with Crippen LogP contribution in [0.3, 0.4) is 0 Å². The molecule has 2 heterocycles. The Balaban J connectivity index is 0.00000180. The third-order valence-electron chi connectivity index (χ3n) is 4.23. The van der Waals surface area contributed by atoms with E-state index in [0.29, 0.717) is 18.5 Å². The van der Waals surface area contributed by atoms with Crippen molar-refractivity contribution in [3.05, 3.63) is 0 Å². The van der Waals surface area contributed by atoms with Gasteiger partial charge in [0.2, 0.25) is 5.91 Å². The van der Waals surface area contributed by atoms with E-state index >= 15 is 0 Å². The Kier molecular flexibility index (Phi) is 7.73. The molecule has 2 rings (SSSR count). The fourth-order valence-electron chi connectivity index (χ4n) is 3.05. The Labute approximate surface area is 123 Å². The highest BCUT2D eigenvalue weighted by Gasteiger charge is 2.23. The van der Waals surface area contributed by atoms with Crippen LogP contribution in [0.25, 0.3) is 0 Å². The zero-order valence-corrected chi connectivity index (χ0v) is 12.9. The molecule has 0 aromatic heterocycles. The van der Waals surface area contributed by atoms with Crippen molar-refractivity contribution < 1.29 is 4.79 Å². The van der Waals surface area contributed by atoms with Crippen molar-refractivity contribution in [2.75, 3.05) is 39.8 Å². The first-order valence-corrected chi connectivity index (χ1v) is 7.47. The van der Waals surface area contributed by atoms with Crippen LogP contribution in [0.1, 0.15) is 38.5 Å². The van der Waals surface area contributed by atoms with Crippen LogP contribution < -0.4 is 5.32 Å². The Morgan fingerprint density at radius 1 is 1.11 bits per heavy atom. The predicted octanol–water partition coefficient (Wildman–Crippen LogP) is 1.49. The molecule has 2 fully saturated rings. The standard InChI is InChI=1S/C14H27N3O.ClH/c1-15-13-7-6-8-16(11-13)12-14(18)17-9-4-2-3-5-10-17;/h13,15H,2-12H2,1H3;1H. The molecule has 2 aliphatic heterocycles. The lowest BCUT2D eigenvalue weighted by Crippen LogP contribution is -2.48. The number of amides is 1. The highest BCUT2D eigenvalue weighted by molar-refractivity contribution is 5.85. The number of likely N-dealkylation sites (tertiary alicyclic amines) is 2. The molecule has 0 radical (unpaired) electrons. The number of nitrogens with one attached hydrogen (secondary N) is 1. The van der Waals surface area contributed by atoms with E-state index in [9.17, 15) is 4.79 Å². The second-order valence-corrected chi connectivity index (χ2v) is 5.66. The Hall–Kier alpha value is -0.320. The van der Waals surface area contributed by atoms with Gasteiger partial charge in [-0.05, 0) is 39.3 Å². The number of nitrogens with zero attached hydrogens (tertiary/aromatic N) is 2. The Morgan fingerprint density at radius 3 is 2.42 bits per heavy atom. The molecule has 0 saturated carbocycles. The van der Waals surface area contributed by atoms with Crippen LogP contribution in [0.4, 0.5) is 0 Å². The van der Waals surface area contributed by atoms with Gasteiger partial charge in [-0.25, -0.2) is 0 Å². The first-order chi connectivity index (χ1) is 8.79. The molecular weight excluding hydrogens is 262 g/mol. The molecule has 0 aromatic rings. The molecule has 112 valence electrons. The largest absolute Gasteiger partial charge is 0.342 e. The van der Waals surface area contributed by atoms with Gasteiger partial charge in [0.05, 0.1) is 6.54 Å². The van der Waals surface area contributed by atoms with E-state index < -0.39 is 0 Å². The normalized spacial score (nSPS) is 25.5. The average molecular weight is 290 g/mol. The summed E-state index contributed by atoms with van der Waals surface area (Å²) in [5.74, 6) is 0.341. The zero-order chi connectivity index (χ0) is 12.8. The van der Waals surface area contributed by atoms with Gasteiger partial charge < -0.3 is 10.2 Å². The highest BCUT2D eigenvalue weighted by Crippen LogP contribution is 2.12. The molecule has 1 unspecified atom stereocenters. The summed E-state index contributed by atoms with van der Waals surface area (Å²) in [6.07, 6.45) is 7.39. The summed E-state index contributed by atoms with van der Waals surface area (Å²) in [5, 5.41) is 3.33. The predicted molar refractivity (Wildman–Crippen MR) is 80.8 cm³/mol. The molecular formula is C14H28ClN3O. The molecule has 0 bridgehead atoms. The van der Waals surface area contributed by atoms with Crippen molar-refractivity contribution in [3.8, 4) is 0 Å². The average Bonchev–Trinajstić information content (AvgIpc) is 2.68. The van der Waals surface area contributed by atoms with Crippen LogP contribution in [-0.2, 0) is 4.79 Å². The van der Waals surface area contributed by atoms with Crippen LogP contribution in [0.5, 0.6) is 0 Å². The lowest BCUT2D eigenvalue weighted by molar-refractivity contribution is -0.132. The topological polar surface area (TPSA) is 35.6 Å². The van der Waals surface area contributed by atoms with Gasteiger partial charge in [0, 0.05) is 25.7 Å². The lowest BCUT2D eigenvalue weighted by atomic mass is 10.1. The molecule has 1 amide bonds. The summed E-state index contributed by atoms with van der Waals surface area (Å²) in [6.45, 7) is 4.68. The quantitative estimate of drug-likeness (QED) is 0.855. The smallest absolute Gasteiger partial charge is 0.236 e. The first kappa shape index (κ1) is 16.7. The third kappa shape index (κ3) is 5.28. The molecule has 0 aromatic carbocycles. The van der Waals surface area contributed by atoms with Crippen molar-refractivity contribution in [2.24, 2.45) is 0 Å². The fraction of sp³-hybridized carbons (Fsp3) is 0.929. The van der Waals surface area contributed by atoms with Crippen LogP contribution in [-0.4, -0.2) is 61.5 Å². The summed E-state index contributed by atoms with van der Waals surface area (Å²) in [6, 6.07) is 0.565. The highest BCUT2D eigenvalue weighted by atomic mass is 35.5. The maximum absolute atomic E-state index is 12.3. The van der Waals surface area contributed by atoms with E-state index in [2.05, 4.69) is 15.1 Å². The van der Waals surface area contributed by atoms with Gasteiger partial charge in [-0.2, -0.15) is 0 Å². The van der Waals surface area contributed by atoms with Crippen molar-refractivity contribution >= 4 is 18.3 Å². The summed E-state index contributed by atoms with van der Waals surface area (Å²) in [5.41, 5.74) is 0. The van der Waals surface area contributed by atoms with Crippen LogP contribution in [0, 0.1) is 0 Å². The summed E-state index contributed by atoms with van der Waals surface area (Å²) >= 11 is 0. The van der Waals surface area contributed by atoms with E-state index in [1.807, 2.05) is 7.05 Å². The van der Waals surface area contributed by atoms with Gasteiger partial charge in [-0.3, -0.25) is 9.69 Å². The summed E-state index contributed by atoms with van der Waals surface area (Å²) in [7, 11) is 2.02. The molecule has 0 spiro atoms. The number of likely N-dealkylation sites (N-methyl/N-ethyl adjacent to an activating group) is 1. The van der Waals surface area contributed by atoms with Crippen molar-refractivity contribution in [3.63, 3.8) is 0 Å². The number of piperidine rings is 1. The van der Waals surface area contributed by atoms with Gasteiger partial charge in [0.15, 0.2) is 0 Å². The number of hydrogen-bond donors (Lipinski definition) is 1. The number of hydrogen-bond acceptors (Lipinski definition) is 3. The van der Waals surface area contributed by atoms with E-state index in [0.717, 1.165) is 26.2 Å². The van der Waals surface area contributed by atoms with Crippen molar-refractivity contribution in [1.82, 2.24) is 15.1 Å². The zero-order valence-electron chi connectivity index (χ0n) is 12.1. The van der Waals surface area contributed by atoms with E-state index in [4.69, 9.17) is 0 Å². The summed E-state index contributed by atoms with van der Waals surface area (Å²) < 4.78 is 0. The minimum atomic E-state index is 0. The molecule has 2 aliphatic rings. The number of carbonyl (C=O) groups excluding carboxylic acids is 1. The van der Waals surface area contributed by atoms with E-state index in [1.165, 1.54) is 38.5 Å². The SMILES string of the molecule is CNC1CCCN(CC(=O)N2CCCCCC2)C1.Cl. The molecule has 1 N–H and O–H groups in total. The van der Waals surface area contributed by atoms with Gasteiger partial charge in [-0.15, -0.1) is 12.4 Å². The minimum Gasteiger partial charge on any atom is -0.342 e. The summed E-state index contributed by atoms with van der Waals surface area (Å²) in [4.78, 5) is 16.7. The maximum Gasteiger partial charge on any atom is 0.236 e. The number of halogens is 1. The fourth-order valence-corrected chi connectivity index (χ4v) is 3.05. The first-order valence-electron chi connectivity index (χ1n) is 7.47. The monoisotopic (exact) mass is 289 g/mol. The Morgan fingerprint density at radius 2 is 1.79 bits per heavy atom. The maximum atomic E-state index is 12.3. The lowest BCUT2D eigenvalue weighted by Gasteiger charge is -2.33. The molecule has 19 heavy (non-hydrogen) atoms. The van der Waals surface area contributed by atoms with E-state index in [-0.39, 0.29) is 12.4 Å². The molecule has 0 aliphatic carbocycles. The number of carbonyl (C=O) groups is 1. The van der Waals surface area contributed by atoms with E-state index in [1.54, 1.807) is 0 Å². The Bertz CT molecular complexity index is 267. The minimum absolute atomic E-state index is 0. The van der Waals surface area contributed by atoms with Gasteiger partial charge >= 0.3 is 0 Å². The van der Waals surface area contributed by atoms with Crippen molar-refractivity contribution in [2.45, 2.75) is 44.6 Å². The molecule has 2 saturated heterocycles. The second kappa shape index (κ2) is 8.77. The van der Waals surface area contributed by atoms with Crippen LogP contribution >= 0.6 is 12.4 Å². The molecule has 4 nitrogen and oxygen atoms in total. The van der Waals surface area contributed by atoms with Gasteiger partial charge in [-0.1, -0.05) is 12.8 Å². The van der Waals surface area contributed by atoms with Gasteiger partial charge in [0.25, 0.3) is 0 Å². The molecule has 5 heteroatoms. The van der Waals surface area contributed by atoms with Gasteiger partial charge in [0.1, 0.15) is 0 Å². The third-order valence-corrected chi connectivity index (χ3v) is 4.23. The van der Waals surface area contributed by atoms with Crippen LogP contribution in [0.15, 0.2) is 0 Å². The second-order valence-electron chi connectivity index (χ2n) is 5.66.